The van der Waals surface area contributed by atoms with Crippen LogP contribution in [0.3, 0.4) is 0 Å². The van der Waals surface area contributed by atoms with Crippen molar-refractivity contribution in [2.75, 3.05) is 18.5 Å². The molecular weight excluding hydrogens is 323 g/mol. The molecule has 2 nitrogen and oxygen atoms in total. The summed E-state index contributed by atoms with van der Waals surface area (Å²) in [5.74, 6) is -0.200. The lowest BCUT2D eigenvalue weighted by Crippen LogP contribution is -2.19. The molecule has 0 saturated carbocycles. The van der Waals surface area contributed by atoms with Crippen LogP contribution in [0.25, 0.3) is 5.57 Å². The molecule has 0 amide bonds. The second kappa shape index (κ2) is 8.13. The molecule has 0 fully saturated rings. The van der Waals surface area contributed by atoms with Crippen molar-refractivity contribution in [1.82, 2.24) is 0 Å². The van der Waals surface area contributed by atoms with Crippen LogP contribution in [0.2, 0.25) is 0 Å². The fourth-order valence-electron chi connectivity index (χ4n) is 2.86. The Morgan fingerprint density at radius 3 is 1.81 bits per heavy atom. The number of halogens is 1. The fourth-order valence-corrected chi connectivity index (χ4v) is 2.86. The van der Waals surface area contributed by atoms with Gasteiger partial charge in [0, 0.05) is 18.3 Å². The highest BCUT2D eigenvalue weighted by Crippen LogP contribution is 2.28. The third kappa shape index (κ3) is 3.99. The van der Waals surface area contributed by atoms with Gasteiger partial charge in [0.05, 0.1) is 18.2 Å². The first kappa shape index (κ1) is 17.4. The Kier molecular flexibility index (Phi) is 5.46. The Labute approximate surface area is 153 Å². The number of nitrogens with zero attached hydrogens (tertiary/aromatic N) is 2. The van der Waals surface area contributed by atoms with Gasteiger partial charge in [0.15, 0.2) is 0 Å². The molecule has 0 N–H and O–H groups in total. The van der Waals surface area contributed by atoms with E-state index >= 15 is 4.39 Å². The number of anilines is 1. The highest BCUT2D eigenvalue weighted by molar-refractivity contribution is 5.81. The lowest BCUT2D eigenvalue weighted by molar-refractivity contribution is 0.614. The van der Waals surface area contributed by atoms with E-state index in [0.717, 1.165) is 16.8 Å². The average molecular weight is 342 g/mol. The molecule has 0 aromatic heterocycles. The smallest absolute Gasteiger partial charge is 0.128 e. The van der Waals surface area contributed by atoms with Gasteiger partial charge < -0.3 is 4.90 Å². The van der Waals surface area contributed by atoms with E-state index in [1.807, 2.05) is 84.7 Å². The summed E-state index contributed by atoms with van der Waals surface area (Å²) in [6, 6.07) is 28.4. The van der Waals surface area contributed by atoms with Crippen molar-refractivity contribution in [3.05, 3.63) is 107 Å². The molecule has 3 aromatic carbocycles. The van der Waals surface area contributed by atoms with E-state index in [-0.39, 0.29) is 12.4 Å². The topological polar surface area (TPSA) is 27.0 Å². The average Bonchev–Trinajstić information content (AvgIpc) is 2.70. The van der Waals surface area contributed by atoms with Gasteiger partial charge in [0.1, 0.15) is 5.83 Å². The van der Waals surface area contributed by atoms with Crippen molar-refractivity contribution in [2.24, 2.45) is 0 Å². The molecule has 0 saturated heterocycles. The first-order valence-electron chi connectivity index (χ1n) is 8.40. The van der Waals surface area contributed by atoms with E-state index in [0.29, 0.717) is 11.1 Å². The van der Waals surface area contributed by atoms with Gasteiger partial charge in [-0.1, -0.05) is 60.7 Å². The summed E-state index contributed by atoms with van der Waals surface area (Å²) in [5.41, 5.74) is 3.76. The highest BCUT2D eigenvalue weighted by atomic mass is 19.1. The molecular formula is C23H19FN2. The molecule has 0 spiro atoms. The molecule has 3 rings (SSSR count). The van der Waals surface area contributed by atoms with Crippen molar-refractivity contribution in [3.63, 3.8) is 0 Å². The van der Waals surface area contributed by atoms with E-state index < -0.39 is 0 Å². The molecule has 3 heteroatoms. The van der Waals surface area contributed by atoms with Crippen molar-refractivity contribution < 1.29 is 4.39 Å². The summed E-state index contributed by atoms with van der Waals surface area (Å²) in [6.45, 7) is 0.144. The minimum Gasteiger partial charge on any atom is -0.368 e. The second-order valence-electron chi connectivity index (χ2n) is 6.03. The SMILES string of the molecule is CN(CC(F)=C(c1ccccc1)c1ccccc1)c1ccc(C#N)cc1. The summed E-state index contributed by atoms with van der Waals surface area (Å²) in [5, 5.41) is 8.91. The number of benzene rings is 3. The number of likely N-dealkylation sites (N-methyl/N-ethyl adjacent to an activating group) is 1. The Bertz CT molecular complexity index is 882. The zero-order chi connectivity index (χ0) is 18.4. The summed E-state index contributed by atoms with van der Waals surface area (Å²) in [4.78, 5) is 1.84. The van der Waals surface area contributed by atoms with Gasteiger partial charge in [0.25, 0.3) is 0 Å². The first-order chi connectivity index (χ1) is 12.7. The highest BCUT2D eigenvalue weighted by Gasteiger charge is 2.14. The maximum absolute atomic E-state index is 15.3. The molecule has 26 heavy (non-hydrogen) atoms. The lowest BCUT2D eigenvalue weighted by atomic mass is 9.97. The molecule has 0 atom stereocenters. The van der Waals surface area contributed by atoms with Gasteiger partial charge in [0.2, 0.25) is 0 Å². The standard InChI is InChI=1S/C23H19FN2/c1-26(21-14-12-18(16-25)13-15-21)17-22(24)23(19-8-4-2-5-9-19)20-10-6-3-7-11-20/h2-15H,17H2,1H3. The molecule has 0 heterocycles. The largest absolute Gasteiger partial charge is 0.368 e. The van der Waals surface area contributed by atoms with E-state index in [2.05, 4.69) is 6.07 Å². The van der Waals surface area contributed by atoms with E-state index in [1.165, 1.54) is 0 Å². The van der Waals surface area contributed by atoms with Crippen LogP contribution < -0.4 is 4.90 Å². The van der Waals surface area contributed by atoms with Gasteiger partial charge in [-0.3, -0.25) is 0 Å². The third-order valence-corrected chi connectivity index (χ3v) is 4.21. The number of hydrogen-bond donors (Lipinski definition) is 0. The zero-order valence-electron chi connectivity index (χ0n) is 14.6. The Hall–Kier alpha value is -3.38. The molecule has 3 aromatic rings. The fraction of sp³-hybridized carbons (Fsp3) is 0.0870. The monoisotopic (exact) mass is 342 g/mol. The van der Waals surface area contributed by atoms with Crippen LogP contribution in [0, 0.1) is 11.3 Å². The predicted molar refractivity (Wildman–Crippen MR) is 104 cm³/mol. The molecule has 0 aliphatic rings. The van der Waals surface area contributed by atoms with Crippen LogP contribution in [-0.4, -0.2) is 13.6 Å². The minimum atomic E-state index is -0.200. The van der Waals surface area contributed by atoms with Gasteiger partial charge in [-0.2, -0.15) is 5.26 Å². The number of hydrogen-bond acceptors (Lipinski definition) is 2. The molecule has 0 unspecified atom stereocenters. The Morgan fingerprint density at radius 2 is 1.35 bits per heavy atom. The van der Waals surface area contributed by atoms with Gasteiger partial charge in [-0.05, 0) is 35.4 Å². The lowest BCUT2D eigenvalue weighted by Gasteiger charge is -2.20. The van der Waals surface area contributed by atoms with Crippen LogP contribution in [0.4, 0.5) is 10.1 Å². The minimum absolute atomic E-state index is 0.144. The quantitative estimate of drug-likeness (QED) is 0.619. The van der Waals surface area contributed by atoms with E-state index in [1.54, 1.807) is 12.1 Å². The van der Waals surface area contributed by atoms with Gasteiger partial charge in [-0.25, -0.2) is 4.39 Å². The van der Waals surface area contributed by atoms with Gasteiger partial charge in [-0.15, -0.1) is 0 Å². The number of rotatable bonds is 5. The molecule has 0 aliphatic carbocycles. The van der Waals surface area contributed by atoms with E-state index in [9.17, 15) is 0 Å². The van der Waals surface area contributed by atoms with Crippen molar-refractivity contribution in [1.29, 1.82) is 5.26 Å². The van der Waals surface area contributed by atoms with Crippen molar-refractivity contribution in [2.45, 2.75) is 0 Å². The molecule has 0 bridgehead atoms. The van der Waals surface area contributed by atoms with Crippen LogP contribution >= 0.6 is 0 Å². The van der Waals surface area contributed by atoms with Crippen LogP contribution in [-0.2, 0) is 0 Å². The van der Waals surface area contributed by atoms with Crippen molar-refractivity contribution in [3.8, 4) is 6.07 Å². The zero-order valence-corrected chi connectivity index (χ0v) is 14.6. The summed E-state index contributed by atoms with van der Waals surface area (Å²) >= 11 is 0. The molecule has 0 aliphatic heterocycles. The maximum Gasteiger partial charge on any atom is 0.128 e. The van der Waals surface area contributed by atoms with Crippen LogP contribution in [0.15, 0.2) is 90.8 Å². The van der Waals surface area contributed by atoms with Gasteiger partial charge >= 0.3 is 0 Å². The summed E-state index contributed by atoms with van der Waals surface area (Å²) in [6.07, 6.45) is 0. The second-order valence-corrected chi connectivity index (χ2v) is 6.03. The molecule has 128 valence electrons. The summed E-state index contributed by atoms with van der Waals surface area (Å²) < 4.78 is 15.3. The van der Waals surface area contributed by atoms with Crippen LogP contribution in [0.5, 0.6) is 0 Å². The number of nitriles is 1. The maximum atomic E-state index is 15.3. The first-order valence-corrected chi connectivity index (χ1v) is 8.40. The predicted octanol–water partition coefficient (Wildman–Crippen LogP) is 5.42. The molecule has 0 radical (unpaired) electrons. The normalized spacial score (nSPS) is 10.0. The van der Waals surface area contributed by atoms with Crippen molar-refractivity contribution >= 4 is 11.3 Å². The Balaban J connectivity index is 1.95. The summed E-state index contributed by atoms with van der Waals surface area (Å²) in [7, 11) is 1.84. The third-order valence-electron chi connectivity index (χ3n) is 4.21. The van der Waals surface area contributed by atoms with E-state index in [4.69, 9.17) is 5.26 Å². The Morgan fingerprint density at radius 1 is 0.846 bits per heavy atom. The van der Waals surface area contributed by atoms with Crippen LogP contribution in [0.1, 0.15) is 16.7 Å².